The molecule has 12 nitrogen and oxygen atoms in total. The van der Waals surface area contributed by atoms with Crippen LogP contribution in [-0.4, -0.2) is 127 Å². The predicted octanol–water partition coefficient (Wildman–Crippen LogP) is -2.80. The highest BCUT2D eigenvalue weighted by Crippen LogP contribution is 2.32. The van der Waals surface area contributed by atoms with Crippen LogP contribution in [0.5, 0.6) is 0 Å². The Kier molecular flexibility index (Phi) is 10.4. The average molecular weight is 485 g/mol. The van der Waals surface area contributed by atoms with Gasteiger partial charge in [-0.3, -0.25) is 0 Å². The SMILES string of the molecule is CC(C)CCC(OC1OC(CO)C(O)C(O)C1OC1OC(CO)C(O)C(O)C1O)C(C)(C)O. The maximum Gasteiger partial charge on any atom is 0.187 e. The third kappa shape index (κ3) is 7.03. The van der Waals surface area contributed by atoms with Crippen LogP contribution in [0.4, 0.5) is 0 Å². The first-order valence-corrected chi connectivity index (χ1v) is 11.3. The summed E-state index contributed by atoms with van der Waals surface area (Å²) in [6.07, 6.45) is -15.0. The number of rotatable bonds is 10. The van der Waals surface area contributed by atoms with Gasteiger partial charge in [0.1, 0.15) is 48.8 Å². The summed E-state index contributed by atoms with van der Waals surface area (Å²) in [4.78, 5) is 0. The highest BCUT2D eigenvalue weighted by Gasteiger charge is 2.51. The topological polar surface area (TPSA) is 199 Å². The molecule has 0 radical (unpaired) electrons. The molecule has 12 heteroatoms. The first kappa shape index (κ1) is 28.8. The second-order valence-electron chi connectivity index (χ2n) is 9.75. The van der Waals surface area contributed by atoms with Crippen molar-refractivity contribution in [2.45, 2.75) is 114 Å². The van der Waals surface area contributed by atoms with Gasteiger partial charge in [0.25, 0.3) is 0 Å². The van der Waals surface area contributed by atoms with E-state index in [1.165, 1.54) is 0 Å². The van der Waals surface area contributed by atoms with E-state index >= 15 is 0 Å². The van der Waals surface area contributed by atoms with Gasteiger partial charge in [0.2, 0.25) is 0 Å². The molecular formula is C21H40O12. The third-order valence-electron chi connectivity index (χ3n) is 6.06. The van der Waals surface area contributed by atoms with E-state index in [0.29, 0.717) is 18.8 Å². The Bertz CT molecular complexity index is 582. The minimum atomic E-state index is -1.76. The van der Waals surface area contributed by atoms with Gasteiger partial charge >= 0.3 is 0 Å². The van der Waals surface area contributed by atoms with Gasteiger partial charge in [-0.1, -0.05) is 13.8 Å². The summed E-state index contributed by atoms with van der Waals surface area (Å²) in [6.45, 7) is 5.78. The molecular weight excluding hydrogens is 444 g/mol. The maximum atomic E-state index is 10.7. The van der Waals surface area contributed by atoms with Crippen LogP contribution in [0.15, 0.2) is 0 Å². The van der Waals surface area contributed by atoms with Crippen molar-refractivity contribution >= 4 is 0 Å². The summed E-state index contributed by atoms with van der Waals surface area (Å²) in [7, 11) is 0. The van der Waals surface area contributed by atoms with E-state index in [-0.39, 0.29) is 0 Å². The standard InChI is InChI=1S/C21H40O12/c1-9(2)5-6-12(21(3,4)29)32-20-18(16(27)14(25)11(8-23)31-20)33-19-17(28)15(26)13(24)10(7-22)30-19/h9-20,22-29H,5-8H2,1-4H3. The molecule has 8 N–H and O–H groups in total. The van der Waals surface area contributed by atoms with Gasteiger partial charge in [-0.2, -0.15) is 0 Å². The number of hydrogen-bond donors (Lipinski definition) is 8. The van der Waals surface area contributed by atoms with Crippen LogP contribution in [0.25, 0.3) is 0 Å². The fourth-order valence-corrected chi connectivity index (χ4v) is 3.88. The molecule has 2 aliphatic heterocycles. The monoisotopic (exact) mass is 484 g/mol. The smallest absolute Gasteiger partial charge is 0.187 e. The maximum absolute atomic E-state index is 10.7. The third-order valence-corrected chi connectivity index (χ3v) is 6.06. The normalized spacial score (nSPS) is 41.4. The van der Waals surface area contributed by atoms with Crippen LogP contribution >= 0.6 is 0 Å². The summed E-state index contributed by atoms with van der Waals surface area (Å²) in [6, 6.07) is 0. The predicted molar refractivity (Wildman–Crippen MR) is 112 cm³/mol. The first-order chi connectivity index (χ1) is 15.3. The largest absolute Gasteiger partial charge is 0.394 e. The van der Waals surface area contributed by atoms with Gasteiger partial charge < -0.3 is 59.8 Å². The number of hydrogen-bond acceptors (Lipinski definition) is 12. The zero-order valence-electron chi connectivity index (χ0n) is 19.5. The van der Waals surface area contributed by atoms with E-state index in [2.05, 4.69) is 0 Å². The molecule has 11 unspecified atom stereocenters. The molecule has 0 aromatic rings. The minimum absolute atomic E-state index is 0.310. The van der Waals surface area contributed by atoms with Crippen LogP contribution in [0.1, 0.15) is 40.5 Å². The number of aliphatic hydroxyl groups is 8. The fraction of sp³-hybridized carbons (Fsp3) is 1.00. The second-order valence-corrected chi connectivity index (χ2v) is 9.75. The average Bonchev–Trinajstić information content (AvgIpc) is 2.74. The highest BCUT2D eigenvalue weighted by molar-refractivity contribution is 4.94. The summed E-state index contributed by atoms with van der Waals surface area (Å²) < 4.78 is 22.6. The summed E-state index contributed by atoms with van der Waals surface area (Å²) in [5.41, 5.74) is -1.32. The Morgan fingerprint density at radius 1 is 0.758 bits per heavy atom. The van der Waals surface area contributed by atoms with E-state index in [9.17, 15) is 40.9 Å². The van der Waals surface area contributed by atoms with Crippen molar-refractivity contribution in [1.29, 1.82) is 0 Å². The highest BCUT2D eigenvalue weighted by atomic mass is 16.8. The van der Waals surface area contributed by atoms with Crippen molar-refractivity contribution in [3.8, 4) is 0 Å². The fourth-order valence-electron chi connectivity index (χ4n) is 3.88. The Balaban J connectivity index is 2.27. The van der Waals surface area contributed by atoms with Crippen molar-refractivity contribution in [3.05, 3.63) is 0 Å². The Morgan fingerprint density at radius 3 is 1.76 bits per heavy atom. The molecule has 0 spiro atoms. The van der Waals surface area contributed by atoms with Gasteiger partial charge in [0.05, 0.1) is 24.9 Å². The second kappa shape index (κ2) is 12.0. The van der Waals surface area contributed by atoms with Gasteiger partial charge in [-0.15, -0.1) is 0 Å². The van der Waals surface area contributed by atoms with E-state index in [1.54, 1.807) is 13.8 Å². The van der Waals surface area contributed by atoms with Crippen LogP contribution < -0.4 is 0 Å². The molecule has 0 aromatic carbocycles. The summed E-state index contributed by atoms with van der Waals surface area (Å²) >= 11 is 0. The van der Waals surface area contributed by atoms with Gasteiger partial charge in [0, 0.05) is 0 Å². The molecule has 196 valence electrons. The molecule has 33 heavy (non-hydrogen) atoms. The molecule has 2 rings (SSSR count). The minimum Gasteiger partial charge on any atom is -0.394 e. The zero-order chi connectivity index (χ0) is 25.1. The summed E-state index contributed by atoms with van der Waals surface area (Å²) in [5, 5.41) is 80.9. The lowest BCUT2D eigenvalue weighted by atomic mass is 9.93. The Labute approximate surface area is 193 Å². The zero-order valence-corrected chi connectivity index (χ0v) is 19.5. The molecule has 2 fully saturated rings. The van der Waals surface area contributed by atoms with Crippen LogP contribution in [-0.2, 0) is 18.9 Å². The van der Waals surface area contributed by atoms with Crippen molar-refractivity contribution in [1.82, 2.24) is 0 Å². The first-order valence-electron chi connectivity index (χ1n) is 11.3. The molecule has 11 atom stereocenters. The van der Waals surface area contributed by atoms with Crippen molar-refractivity contribution in [2.75, 3.05) is 13.2 Å². The molecule has 0 bridgehead atoms. The Hall–Kier alpha value is -0.480. The van der Waals surface area contributed by atoms with E-state index in [0.717, 1.165) is 0 Å². The van der Waals surface area contributed by atoms with E-state index < -0.39 is 86.3 Å². The van der Waals surface area contributed by atoms with Crippen molar-refractivity contribution < 1.29 is 59.8 Å². The van der Waals surface area contributed by atoms with Gasteiger partial charge in [0.15, 0.2) is 12.6 Å². The van der Waals surface area contributed by atoms with Crippen LogP contribution in [0, 0.1) is 5.92 Å². The number of aliphatic hydroxyl groups excluding tert-OH is 7. The van der Waals surface area contributed by atoms with Crippen molar-refractivity contribution in [3.63, 3.8) is 0 Å². The van der Waals surface area contributed by atoms with E-state index in [4.69, 9.17) is 18.9 Å². The molecule has 2 heterocycles. The van der Waals surface area contributed by atoms with E-state index in [1.807, 2.05) is 13.8 Å². The molecule has 0 saturated carbocycles. The lowest BCUT2D eigenvalue weighted by Gasteiger charge is -2.47. The van der Waals surface area contributed by atoms with Crippen LogP contribution in [0.2, 0.25) is 0 Å². The lowest BCUT2D eigenvalue weighted by Crippen LogP contribution is -2.65. The molecule has 0 aliphatic carbocycles. The number of ether oxygens (including phenoxy) is 4. The van der Waals surface area contributed by atoms with Gasteiger partial charge in [-0.25, -0.2) is 0 Å². The molecule has 0 aromatic heterocycles. The molecule has 0 amide bonds. The van der Waals surface area contributed by atoms with Crippen molar-refractivity contribution in [2.24, 2.45) is 5.92 Å². The van der Waals surface area contributed by atoms with Gasteiger partial charge in [-0.05, 0) is 32.6 Å². The summed E-state index contributed by atoms with van der Waals surface area (Å²) in [5.74, 6) is 0.310. The van der Waals surface area contributed by atoms with Crippen LogP contribution in [0.3, 0.4) is 0 Å². The Morgan fingerprint density at radius 2 is 1.27 bits per heavy atom. The quantitative estimate of drug-likeness (QED) is 0.159. The molecule has 2 saturated heterocycles. The molecule has 2 aliphatic rings. The lowest BCUT2D eigenvalue weighted by molar-refractivity contribution is -0.375.